The molecule has 26 heavy (non-hydrogen) atoms. The number of benzene rings is 1. The van der Waals surface area contributed by atoms with Gasteiger partial charge in [-0.3, -0.25) is 9.36 Å². The van der Waals surface area contributed by atoms with Crippen molar-refractivity contribution in [1.82, 2.24) is 0 Å². The van der Waals surface area contributed by atoms with Gasteiger partial charge in [0.25, 0.3) is 0 Å². The summed E-state index contributed by atoms with van der Waals surface area (Å²) in [5.74, 6) is -0.969. The number of carbonyl (C=O) groups excluding carboxylic acids is 1. The molecule has 5 nitrogen and oxygen atoms in total. The molecule has 1 aromatic carbocycles. The molecule has 0 amide bonds. The predicted molar refractivity (Wildman–Crippen MR) is 104 cm³/mol. The quantitative estimate of drug-likeness (QED) is 0.312. The van der Waals surface area contributed by atoms with E-state index in [1.165, 1.54) is 12.1 Å². The lowest BCUT2D eigenvalue weighted by atomic mass is 10.1. The molecule has 0 aliphatic carbocycles. The average molecular weight is 404 g/mol. The van der Waals surface area contributed by atoms with E-state index in [0.29, 0.717) is 0 Å². The van der Waals surface area contributed by atoms with Crippen LogP contribution in [-0.4, -0.2) is 39.5 Å². The average Bonchev–Trinajstić information content (AvgIpc) is 2.53. The Bertz CT molecular complexity index is 619. The second kappa shape index (κ2) is 9.79. The van der Waals surface area contributed by atoms with Crippen molar-refractivity contribution in [3.05, 3.63) is 35.6 Å². The molecule has 0 N–H and O–H groups in total. The standard InChI is InChI=1S/C18H30FO5PSi/c1-7-22-18(20)16(25(21,23-8-2)24-9-3)17(26(4,5)6)14-10-12-15(19)13-11-14/h10-13,16-17H,7-9H2,1-6H3. The number of halogens is 1. The lowest BCUT2D eigenvalue weighted by molar-refractivity contribution is -0.143. The van der Waals surface area contributed by atoms with Gasteiger partial charge in [-0.25, -0.2) is 4.39 Å². The molecule has 0 radical (unpaired) electrons. The highest BCUT2D eigenvalue weighted by molar-refractivity contribution is 7.56. The first-order valence-electron chi connectivity index (χ1n) is 8.91. The Balaban J connectivity index is 3.58. The number of hydrogen-bond acceptors (Lipinski definition) is 5. The van der Waals surface area contributed by atoms with Crippen molar-refractivity contribution in [2.75, 3.05) is 19.8 Å². The second-order valence-corrected chi connectivity index (χ2v) is 14.5. The van der Waals surface area contributed by atoms with Gasteiger partial charge in [0.05, 0.1) is 27.9 Å². The van der Waals surface area contributed by atoms with E-state index in [1.54, 1.807) is 32.9 Å². The first-order valence-corrected chi connectivity index (χ1v) is 14.1. The van der Waals surface area contributed by atoms with Crippen molar-refractivity contribution in [3.63, 3.8) is 0 Å². The monoisotopic (exact) mass is 404 g/mol. The summed E-state index contributed by atoms with van der Waals surface area (Å²) < 4.78 is 43.2. The number of hydrogen-bond donors (Lipinski definition) is 0. The Kier molecular flexibility index (Phi) is 8.67. The van der Waals surface area contributed by atoms with Crippen LogP contribution in [0.5, 0.6) is 0 Å². The molecule has 1 aromatic rings. The molecule has 0 saturated carbocycles. The van der Waals surface area contributed by atoms with E-state index in [1.807, 2.05) is 0 Å². The van der Waals surface area contributed by atoms with Gasteiger partial charge in [-0.2, -0.15) is 0 Å². The summed E-state index contributed by atoms with van der Waals surface area (Å²) in [5.41, 5.74) is -0.756. The highest BCUT2D eigenvalue weighted by atomic mass is 31.2. The third-order valence-corrected chi connectivity index (χ3v) is 9.20. The van der Waals surface area contributed by atoms with Crippen molar-refractivity contribution in [2.24, 2.45) is 0 Å². The van der Waals surface area contributed by atoms with Gasteiger partial charge in [0.1, 0.15) is 5.82 Å². The zero-order valence-corrected chi connectivity index (χ0v) is 18.3. The zero-order chi connectivity index (χ0) is 20.0. The summed E-state index contributed by atoms with van der Waals surface area (Å²) >= 11 is 0. The van der Waals surface area contributed by atoms with Crippen LogP contribution in [0.1, 0.15) is 31.9 Å². The minimum Gasteiger partial charge on any atom is -0.465 e. The number of esters is 1. The lowest BCUT2D eigenvalue weighted by Crippen LogP contribution is -2.44. The minimum atomic E-state index is -3.78. The lowest BCUT2D eigenvalue weighted by Gasteiger charge is -2.37. The fraction of sp³-hybridized carbons (Fsp3) is 0.611. The van der Waals surface area contributed by atoms with E-state index in [2.05, 4.69) is 19.6 Å². The van der Waals surface area contributed by atoms with E-state index in [9.17, 15) is 13.8 Å². The number of ether oxygens (including phenoxy) is 1. The maximum absolute atomic E-state index is 13.6. The van der Waals surface area contributed by atoms with Gasteiger partial charge in [-0.05, 0) is 38.5 Å². The molecule has 0 spiro atoms. The second-order valence-electron chi connectivity index (χ2n) is 6.97. The molecule has 0 heterocycles. The van der Waals surface area contributed by atoms with Gasteiger partial charge >= 0.3 is 13.6 Å². The van der Waals surface area contributed by atoms with E-state index in [-0.39, 0.29) is 25.6 Å². The van der Waals surface area contributed by atoms with Gasteiger partial charge in [0.15, 0.2) is 5.66 Å². The third kappa shape index (κ3) is 5.74. The Hall–Kier alpha value is -1.01. The fourth-order valence-electron chi connectivity index (χ4n) is 3.06. The normalized spacial score (nSPS) is 14.7. The van der Waals surface area contributed by atoms with Crippen LogP contribution in [0.25, 0.3) is 0 Å². The van der Waals surface area contributed by atoms with Crippen LogP contribution >= 0.6 is 7.60 Å². The third-order valence-electron chi connectivity index (χ3n) is 3.96. The smallest absolute Gasteiger partial charge is 0.345 e. The van der Waals surface area contributed by atoms with Crippen molar-refractivity contribution in [3.8, 4) is 0 Å². The maximum atomic E-state index is 13.6. The highest BCUT2D eigenvalue weighted by Crippen LogP contribution is 2.59. The summed E-state index contributed by atoms with van der Waals surface area (Å²) in [4.78, 5) is 12.9. The molecule has 0 saturated heterocycles. The molecule has 2 unspecified atom stereocenters. The molecular formula is C18H30FO5PSi. The molecule has 148 valence electrons. The van der Waals surface area contributed by atoms with Crippen LogP contribution in [0.2, 0.25) is 19.6 Å². The molecule has 8 heteroatoms. The van der Waals surface area contributed by atoms with E-state index in [0.717, 1.165) is 5.56 Å². The zero-order valence-electron chi connectivity index (χ0n) is 16.5. The van der Waals surface area contributed by atoms with Gasteiger partial charge < -0.3 is 13.8 Å². The first-order chi connectivity index (χ1) is 12.1. The van der Waals surface area contributed by atoms with Crippen LogP contribution in [0, 0.1) is 5.82 Å². The Morgan fingerprint density at radius 3 is 1.92 bits per heavy atom. The summed E-state index contributed by atoms with van der Waals surface area (Å²) in [5, 5.41) is 0. The van der Waals surface area contributed by atoms with Crippen molar-refractivity contribution in [1.29, 1.82) is 0 Å². The van der Waals surface area contributed by atoms with Crippen molar-refractivity contribution < 1.29 is 27.5 Å². The molecule has 0 aliphatic heterocycles. The topological polar surface area (TPSA) is 61.8 Å². The first kappa shape index (κ1) is 23.0. The van der Waals surface area contributed by atoms with Crippen LogP contribution in [0.15, 0.2) is 24.3 Å². The molecule has 2 atom stereocenters. The van der Waals surface area contributed by atoms with Crippen LogP contribution in [-0.2, 0) is 23.1 Å². The summed E-state index contributed by atoms with van der Waals surface area (Å²) in [7, 11) is -5.90. The molecule has 1 rings (SSSR count). The summed E-state index contributed by atoms with van der Waals surface area (Å²) in [6.45, 7) is 11.8. The number of carbonyl (C=O) groups is 1. The van der Waals surface area contributed by atoms with E-state index >= 15 is 0 Å². The Morgan fingerprint density at radius 1 is 1.04 bits per heavy atom. The molecular weight excluding hydrogens is 374 g/mol. The minimum absolute atomic E-state index is 0.148. The molecule has 0 aromatic heterocycles. The van der Waals surface area contributed by atoms with Crippen LogP contribution in [0.4, 0.5) is 4.39 Å². The summed E-state index contributed by atoms with van der Waals surface area (Å²) in [6.07, 6.45) is 0. The van der Waals surface area contributed by atoms with Gasteiger partial charge in [0, 0.05) is 5.54 Å². The van der Waals surface area contributed by atoms with Crippen molar-refractivity contribution >= 4 is 21.6 Å². The van der Waals surface area contributed by atoms with Gasteiger partial charge in [-0.15, -0.1) is 0 Å². The van der Waals surface area contributed by atoms with Crippen LogP contribution < -0.4 is 0 Å². The van der Waals surface area contributed by atoms with Crippen LogP contribution in [0.3, 0.4) is 0 Å². The molecule has 0 bridgehead atoms. The Morgan fingerprint density at radius 2 is 1.54 bits per heavy atom. The fourth-order valence-corrected chi connectivity index (χ4v) is 9.21. The Labute approximate surface area is 156 Å². The van der Waals surface area contributed by atoms with Gasteiger partial charge in [0.2, 0.25) is 0 Å². The van der Waals surface area contributed by atoms with Crippen molar-refractivity contribution in [2.45, 2.75) is 51.6 Å². The van der Waals surface area contributed by atoms with E-state index in [4.69, 9.17) is 13.8 Å². The maximum Gasteiger partial charge on any atom is 0.345 e. The SMILES string of the molecule is CCOC(=O)C(C(c1ccc(F)cc1)[Si](C)(C)C)P(=O)(OCC)OCC. The highest BCUT2D eigenvalue weighted by Gasteiger charge is 2.52. The summed E-state index contributed by atoms with van der Waals surface area (Å²) in [6, 6.07) is 5.95. The van der Waals surface area contributed by atoms with Gasteiger partial charge in [-0.1, -0.05) is 31.8 Å². The largest absolute Gasteiger partial charge is 0.465 e. The molecule has 0 fully saturated rings. The number of rotatable bonds is 10. The predicted octanol–water partition coefficient (Wildman–Crippen LogP) is 4.98. The molecule has 0 aliphatic rings. The van der Waals surface area contributed by atoms with E-state index < -0.39 is 32.8 Å².